The van der Waals surface area contributed by atoms with E-state index in [1.54, 1.807) is 37.3 Å². The highest BCUT2D eigenvalue weighted by Gasteiger charge is 2.50. The van der Waals surface area contributed by atoms with Gasteiger partial charge in [-0.3, -0.25) is 14.5 Å². The minimum absolute atomic E-state index is 0.368. The fraction of sp³-hybridized carbons (Fsp3) is 0.174. The lowest BCUT2D eigenvalue weighted by Crippen LogP contribution is -2.41. The fourth-order valence-electron chi connectivity index (χ4n) is 3.34. The van der Waals surface area contributed by atoms with Crippen molar-refractivity contribution >= 4 is 34.9 Å². The van der Waals surface area contributed by atoms with E-state index in [1.807, 2.05) is 42.6 Å². The van der Waals surface area contributed by atoms with Gasteiger partial charge in [-0.05, 0) is 67.3 Å². The number of imide groups is 1. The van der Waals surface area contributed by atoms with E-state index in [-0.39, 0.29) is 6.54 Å². The second kappa shape index (κ2) is 8.23. The van der Waals surface area contributed by atoms with Gasteiger partial charge in [0.05, 0.1) is 0 Å². The number of hydrogen-bond donors (Lipinski definition) is 2. The Balaban J connectivity index is 1.37. The van der Waals surface area contributed by atoms with E-state index in [2.05, 4.69) is 10.6 Å². The fourth-order valence-corrected chi connectivity index (χ4v) is 4.17. The van der Waals surface area contributed by atoms with Gasteiger partial charge in [-0.15, -0.1) is 11.3 Å². The minimum Gasteiger partial charge on any atom is -0.457 e. The van der Waals surface area contributed by atoms with Crippen molar-refractivity contribution in [3.63, 3.8) is 0 Å². The molecular formula is C23H21N3O4S. The van der Waals surface area contributed by atoms with Gasteiger partial charge in [0.2, 0.25) is 5.91 Å². The number of amides is 4. The Morgan fingerprint density at radius 3 is 2.55 bits per heavy atom. The summed E-state index contributed by atoms with van der Waals surface area (Å²) in [6, 6.07) is 17.6. The number of thiophene rings is 1. The zero-order valence-corrected chi connectivity index (χ0v) is 17.9. The predicted octanol–water partition coefficient (Wildman–Crippen LogP) is 4.25. The molecule has 4 amide bonds. The zero-order valence-electron chi connectivity index (χ0n) is 17.0. The highest BCUT2D eigenvalue weighted by molar-refractivity contribution is 7.10. The monoisotopic (exact) mass is 435 g/mol. The summed E-state index contributed by atoms with van der Waals surface area (Å²) >= 11 is 1.38. The maximum absolute atomic E-state index is 12.8. The first-order chi connectivity index (χ1) is 14.8. The van der Waals surface area contributed by atoms with Gasteiger partial charge in [0.1, 0.15) is 18.0 Å². The number of carbonyl (C=O) groups excluding carboxylic acids is 3. The molecule has 1 aliphatic heterocycles. The molecule has 0 spiro atoms. The summed E-state index contributed by atoms with van der Waals surface area (Å²) in [4.78, 5) is 39.3. The number of carbonyl (C=O) groups is 3. The Morgan fingerprint density at radius 1 is 1.10 bits per heavy atom. The molecule has 4 rings (SSSR count). The van der Waals surface area contributed by atoms with Crippen molar-refractivity contribution < 1.29 is 19.1 Å². The van der Waals surface area contributed by atoms with E-state index in [0.29, 0.717) is 11.4 Å². The van der Waals surface area contributed by atoms with Crippen LogP contribution in [0.1, 0.15) is 17.4 Å². The van der Waals surface area contributed by atoms with Crippen molar-refractivity contribution in [1.82, 2.24) is 10.2 Å². The summed E-state index contributed by atoms with van der Waals surface area (Å²) in [5, 5.41) is 7.23. The van der Waals surface area contributed by atoms with Crippen LogP contribution < -0.4 is 15.4 Å². The van der Waals surface area contributed by atoms with Crippen molar-refractivity contribution in [2.45, 2.75) is 19.4 Å². The standard InChI is InChI=1S/C23H21N3O4S/c1-15-5-3-6-18(13-15)30-17-10-8-16(9-11-17)24-20(27)14-26-21(28)23(2,25-22(26)29)19-7-4-12-31-19/h3-13H,14H2,1-2H3,(H,24,27)(H,25,29). The summed E-state index contributed by atoms with van der Waals surface area (Å²) in [5.74, 6) is 0.442. The Labute approximate surface area is 183 Å². The summed E-state index contributed by atoms with van der Waals surface area (Å²) in [6.07, 6.45) is 0. The number of aryl methyl sites for hydroxylation is 1. The minimum atomic E-state index is -1.15. The molecule has 7 nitrogen and oxygen atoms in total. The van der Waals surface area contributed by atoms with Crippen LogP contribution in [0.3, 0.4) is 0 Å². The predicted molar refractivity (Wildman–Crippen MR) is 118 cm³/mol. The molecule has 1 atom stereocenters. The maximum atomic E-state index is 12.8. The molecule has 3 aromatic rings. The van der Waals surface area contributed by atoms with Gasteiger partial charge >= 0.3 is 6.03 Å². The first kappa shape index (κ1) is 20.6. The Kier molecular flexibility index (Phi) is 5.48. The van der Waals surface area contributed by atoms with Crippen LogP contribution in [0.2, 0.25) is 0 Å². The number of nitrogens with one attached hydrogen (secondary N) is 2. The van der Waals surface area contributed by atoms with E-state index in [4.69, 9.17) is 4.74 Å². The normalized spacial score (nSPS) is 18.1. The summed E-state index contributed by atoms with van der Waals surface area (Å²) in [7, 11) is 0. The molecule has 2 heterocycles. The molecule has 0 aliphatic carbocycles. The molecule has 0 radical (unpaired) electrons. The van der Waals surface area contributed by atoms with Crippen LogP contribution in [0, 0.1) is 6.92 Å². The number of anilines is 1. The topological polar surface area (TPSA) is 87.7 Å². The van der Waals surface area contributed by atoms with Gasteiger partial charge < -0.3 is 15.4 Å². The van der Waals surface area contributed by atoms with Gasteiger partial charge in [0.15, 0.2) is 5.54 Å². The van der Waals surface area contributed by atoms with E-state index in [0.717, 1.165) is 21.1 Å². The maximum Gasteiger partial charge on any atom is 0.325 e. The summed E-state index contributed by atoms with van der Waals surface area (Å²) < 4.78 is 5.80. The summed E-state index contributed by atoms with van der Waals surface area (Å²) in [5.41, 5.74) is 0.479. The van der Waals surface area contributed by atoms with E-state index in [9.17, 15) is 14.4 Å². The molecular weight excluding hydrogens is 414 g/mol. The third-order valence-corrected chi connectivity index (χ3v) is 6.05. The molecule has 31 heavy (non-hydrogen) atoms. The zero-order chi connectivity index (χ0) is 22.0. The molecule has 2 N–H and O–H groups in total. The number of nitrogens with zero attached hydrogens (tertiary/aromatic N) is 1. The molecule has 1 saturated heterocycles. The van der Waals surface area contributed by atoms with E-state index in [1.165, 1.54) is 11.3 Å². The van der Waals surface area contributed by atoms with Gasteiger partial charge in [-0.1, -0.05) is 18.2 Å². The van der Waals surface area contributed by atoms with Crippen LogP contribution in [-0.4, -0.2) is 29.3 Å². The molecule has 8 heteroatoms. The molecule has 158 valence electrons. The third-order valence-electron chi connectivity index (χ3n) is 4.95. The quantitative estimate of drug-likeness (QED) is 0.567. The van der Waals surface area contributed by atoms with Gasteiger partial charge in [0, 0.05) is 10.6 Å². The van der Waals surface area contributed by atoms with Crippen LogP contribution in [0.5, 0.6) is 11.5 Å². The highest BCUT2D eigenvalue weighted by atomic mass is 32.1. The SMILES string of the molecule is Cc1cccc(Oc2ccc(NC(=O)CN3C(=O)NC(C)(c4cccs4)C3=O)cc2)c1. The molecule has 0 bridgehead atoms. The van der Waals surface area contributed by atoms with Gasteiger partial charge in [0.25, 0.3) is 5.91 Å². The molecule has 0 saturated carbocycles. The van der Waals surface area contributed by atoms with E-state index < -0.39 is 23.4 Å². The lowest BCUT2D eigenvalue weighted by Gasteiger charge is -2.20. The van der Waals surface area contributed by atoms with Crippen molar-refractivity contribution in [2.75, 3.05) is 11.9 Å². The Bertz CT molecular complexity index is 1130. The van der Waals surface area contributed by atoms with Gasteiger partial charge in [-0.25, -0.2) is 4.79 Å². The lowest BCUT2D eigenvalue weighted by atomic mass is 10.0. The van der Waals surface area contributed by atoms with Crippen LogP contribution in [0.25, 0.3) is 0 Å². The van der Waals surface area contributed by atoms with E-state index >= 15 is 0 Å². The van der Waals surface area contributed by atoms with Crippen molar-refractivity contribution in [3.8, 4) is 11.5 Å². The number of ether oxygens (including phenoxy) is 1. The molecule has 2 aromatic carbocycles. The Morgan fingerprint density at radius 2 is 1.87 bits per heavy atom. The second-order valence-corrected chi connectivity index (χ2v) is 8.36. The average molecular weight is 436 g/mol. The number of benzene rings is 2. The first-order valence-corrected chi connectivity index (χ1v) is 10.6. The average Bonchev–Trinajstić information content (AvgIpc) is 3.34. The summed E-state index contributed by atoms with van der Waals surface area (Å²) in [6.45, 7) is 3.26. The van der Waals surface area contributed by atoms with Crippen LogP contribution in [0.15, 0.2) is 66.0 Å². The van der Waals surface area contributed by atoms with Crippen molar-refractivity contribution in [3.05, 3.63) is 76.5 Å². The van der Waals surface area contributed by atoms with Crippen molar-refractivity contribution in [1.29, 1.82) is 0 Å². The largest absolute Gasteiger partial charge is 0.457 e. The third kappa shape index (κ3) is 4.29. The lowest BCUT2D eigenvalue weighted by molar-refractivity contribution is -0.133. The number of urea groups is 1. The molecule has 1 fully saturated rings. The second-order valence-electron chi connectivity index (χ2n) is 7.41. The van der Waals surface area contributed by atoms with Crippen LogP contribution in [0.4, 0.5) is 10.5 Å². The number of rotatable bonds is 6. The molecule has 1 unspecified atom stereocenters. The van der Waals surface area contributed by atoms with Crippen LogP contribution in [-0.2, 0) is 15.1 Å². The molecule has 1 aliphatic rings. The van der Waals surface area contributed by atoms with Crippen molar-refractivity contribution in [2.24, 2.45) is 0 Å². The number of hydrogen-bond acceptors (Lipinski definition) is 5. The van der Waals surface area contributed by atoms with Crippen LogP contribution >= 0.6 is 11.3 Å². The molecule has 1 aromatic heterocycles. The van der Waals surface area contributed by atoms with Gasteiger partial charge in [-0.2, -0.15) is 0 Å². The highest BCUT2D eigenvalue weighted by Crippen LogP contribution is 2.31. The smallest absolute Gasteiger partial charge is 0.325 e. The first-order valence-electron chi connectivity index (χ1n) is 9.68. The Hall–Kier alpha value is -3.65.